The molecule has 0 unspecified atom stereocenters. The van der Waals surface area contributed by atoms with Gasteiger partial charge in [-0.05, 0) is 54.1 Å². The molecule has 0 spiro atoms. The molecule has 2 aromatic carbocycles. The number of amides is 1. The van der Waals surface area contributed by atoms with E-state index < -0.39 is 0 Å². The van der Waals surface area contributed by atoms with Gasteiger partial charge in [-0.2, -0.15) is 5.10 Å². The molecule has 1 N–H and O–H groups in total. The first kappa shape index (κ1) is 22.0. The fourth-order valence-corrected chi connectivity index (χ4v) is 3.54. The van der Waals surface area contributed by atoms with Gasteiger partial charge in [0.2, 0.25) is 5.91 Å². The number of para-hydroxylation sites is 1. The molecule has 1 amide bonds. The van der Waals surface area contributed by atoms with Crippen molar-refractivity contribution in [1.29, 1.82) is 0 Å². The van der Waals surface area contributed by atoms with Gasteiger partial charge < -0.3 is 5.32 Å². The second-order valence-corrected chi connectivity index (χ2v) is 7.77. The normalized spacial score (nSPS) is 11.1. The van der Waals surface area contributed by atoms with Gasteiger partial charge in [0.15, 0.2) is 0 Å². The van der Waals surface area contributed by atoms with Crippen LogP contribution in [0, 0.1) is 5.82 Å². The van der Waals surface area contributed by atoms with Crippen LogP contribution in [0.25, 0.3) is 28.8 Å². The maximum atomic E-state index is 13.4. The summed E-state index contributed by atoms with van der Waals surface area (Å²) in [6.07, 6.45) is 11.9. The molecule has 172 valence electrons. The van der Waals surface area contributed by atoms with E-state index in [9.17, 15) is 9.18 Å². The Balaban J connectivity index is 1.31. The van der Waals surface area contributed by atoms with E-state index in [2.05, 4.69) is 20.4 Å². The Labute approximate surface area is 201 Å². The highest BCUT2D eigenvalue weighted by Crippen LogP contribution is 2.25. The van der Waals surface area contributed by atoms with Gasteiger partial charge in [-0.15, -0.1) is 0 Å². The van der Waals surface area contributed by atoms with Crippen molar-refractivity contribution < 1.29 is 9.18 Å². The second kappa shape index (κ2) is 9.96. The lowest BCUT2D eigenvalue weighted by Gasteiger charge is -2.04. The van der Waals surface area contributed by atoms with Gasteiger partial charge in [0, 0.05) is 48.5 Å². The Morgan fingerprint density at radius 2 is 1.86 bits per heavy atom. The van der Waals surface area contributed by atoms with E-state index >= 15 is 0 Å². The Bertz CT molecular complexity index is 1440. The number of carbonyl (C=O) groups is 1. The molecule has 5 rings (SSSR count). The number of hydrogen-bond donors (Lipinski definition) is 1. The lowest BCUT2D eigenvalue weighted by molar-refractivity contribution is -0.116. The summed E-state index contributed by atoms with van der Waals surface area (Å²) in [5, 5.41) is 7.54. The minimum absolute atomic E-state index is 0.249. The first-order valence-corrected chi connectivity index (χ1v) is 11.0. The van der Waals surface area contributed by atoms with Crippen LogP contribution < -0.4 is 5.32 Å². The Morgan fingerprint density at radius 3 is 2.57 bits per heavy atom. The standard InChI is InChI=1S/C27H21FN6O/c28-23-10-7-21(8-11-23)27-22(18-34(32-27)24-4-2-1-3-5-24)9-13-26(35)31-17-20-6-12-25(30-16-20)33-15-14-29-19-33/h1-16,18-19H,17H2,(H,31,35)/b13-9+. The third kappa shape index (κ3) is 5.22. The van der Waals surface area contributed by atoms with Crippen molar-refractivity contribution in [3.63, 3.8) is 0 Å². The summed E-state index contributed by atoms with van der Waals surface area (Å²) >= 11 is 0. The van der Waals surface area contributed by atoms with Crippen LogP contribution in [0.3, 0.4) is 0 Å². The number of pyridine rings is 1. The van der Waals surface area contributed by atoms with E-state index in [1.165, 1.54) is 18.2 Å². The SMILES string of the molecule is O=C(/C=C/c1cn(-c2ccccc2)nc1-c1ccc(F)cc1)NCc1ccc(-n2ccnc2)nc1. The molecule has 0 bridgehead atoms. The molecule has 0 aliphatic heterocycles. The van der Waals surface area contributed by atoms with Crippen LogP contribution in [0.4, 0.5) is 4.39 Å². The van der Waals surface area contributed by atoms with Gasteiger partial charge in [0.1, 0.15) is 18.0 Å². The summed E-state index contributed by atoms with van der Waals surface area (Å²) in [7, 11) is 0. The van der Waals surface area contributed by atoms with E-state index in [0.717, 1.165) is 28.2 Å². The molecule has 0 radical (unpaired) electrons. The van der Waals surface area contributed by atoms with Crippen molar-refractivity contribution in [3.8, 4) is 22.8 Å². The number of rotatable bonds is 7. The van der Waals surface area contributed by atoms with Crippen molar-refractivity contribution in [2.45, 2.75) is 6.54 Å². The Morgan fingerprint density at radius 1 is 1.03 bits per heavy atom. The molecular weight excluding hydrogens is 443 g/mol. The van der Waals surface area contributed by atoms with E-state index in [-0.39, 0.29) is 11.7 Å². The van der Waals surface area contributed by atoms with Crippen molar-refractivity contribution in [2.24, 2.45) is 0 Å². The summed E-state index contributed by atoms with van der Waals surface area (Å²) in [5.41, 5.74) is 3.90. The van der Waals surface area contributed by atoms with Gasteiger partial charge in [-0.1, -0.05) is 24.3 Å². The summed E-state index contributed by atoms with van der Waals surface area (Å²) in [6.45, 7) is 0.342. The van der Waals surface area contributed by atoms with Gasteiger partial charge in [-0.25, -0.2) is 19.0 Å². The first-order chi connectivity index (χ1) is 17.2. The van der Waals surface area contributed by atoms with Crippen LogP contribution >= 0.6 is 0 Å². The molecule has 5 aromatic rings. The number of imidazole rings is 1. The molecule has 8 heteroatoms. The Hall–Kier alpha value is -4.85. The molecule has 0 fully saturated rings. The van der Waals surface area contributed by atoms with Crippen LogP contribution in [0.15, 0.2) is 104 Å². The predicted octanol–water partition coefficient (Wildman–Crippen LogP) is 4.59. The van der Waals surface area contributed by atoms with Crippen LogP contribution in [0.2, 0.25) is 0 Å². The molecule has 0 saturated carbocycles. The minimum Gasteiger partial charge on any atom is -0.348 e. The zero-order valence-corrected chi connectivity index (χ0v) is 18.6. The first-order valence-electron chi connectivity index (χ1n) is 11.0. The fourth-order valence-electron chi connectivity index (χ4n) is 3.54. The third-order valence-electron chi connectivity index (χ3n) is 5.34. The summed E-state index contributed by atoms with van der Waals surface area (Å²) < 4.78 is 17.0. The third-order valence-corrected chi connectivity index (χ3v) is 5.34. The van der Waals surface area contributed by atoms with E-state index in [4.69, 9.17) is 0 Å². The summed E-state index contributed by atoms with van der Waals surface area (Å²) in [5.74, 6) is 0.183. The molecule has 0 atom stereocenters. The van der Waals surface area contributed by atoms with Crippen molar-refractivity contribution in [3.05, 3.63) is 121 Å². The van der Waals surface area contributed by atoms with Gasteiger partial charge in [0.25, 0.3) is 0 Å². The average Bonchev–Trinajstić information content (AvgIpc) is 3.58. The molecule has 7 nitrogen and oxygen atoms in total. The highest BCUT2D eigenvalue weighted by molar-refractivity contribution is 5.92. The summed E-state index contributed by atoms with van der Waals surface area (Å²) in [6, 6.07) is 19.6. The molecule has 35 heavy (non-hydrogen) atoms. The largest absolute Gasteiger partial charge is 0.348 e. The zero-order valence-electron chi connectivity index (χ0n) is 18.6. The summed E-state index contributed by atoms with van der Waals surface area (Å²) in [4.78, 5) is 20.9. The van der Waals surface area contributed by atoms with Crippen LogP contribution in [-0.2, 0) is 11.3 Å². The number of carbonyl (C=O) groups excluding carboxylic acids is 1. The lowest BCUT2D eigenvalue weighted by Crippen LogP contribution is -2.20. The number of nitrogens with zero attached hydrogens (tertiary/aromatic N) is 5. The fraction of sp³-hybridized carbons (Fsp3) is 0.0370. The van der Waals surface area contributed by atoms with Crippen molar-refractivity contribution in [2.75, 3.05) is 0 Å². The topological polar surface area (TPSA) is 77.6 Å². The van der Waals surface area contributed by atoms with Crippen LogP contribution in [0.1, 0.15) is 11.1 Å². The van der Waals surface area contributed by atoms with E-state index in [0.29, 0.717) is 12.2 Å². The average molecular weight is 465 g/mol. The monoisotopic (exact) mass is 464 g/mol. The van der Waals surface area contributed by atoms with E-state index in [1.54, 1.807) is 46.2 Å². The van der Waals surface area contributed by atoms with Crippen molar-refractivity contribution in [1.82, 2.24) is 29.6 Å². The van der Waals surface area contributed by atoms with Gasteiger partial charge in [0.05, 0.1) is 11.4 Å². The maximum Gasteiger partial charge on any atom is 0.244 e. The molecule has 0 aliphatic rings. The Kier molecular flexibility index (Phi) is 6.25. The highest BCUT2D eigenvalue weighted by atomic mass is 19.1. The zero-order chi connectivity index (χ0) is 24.0. The quantitative estimate of drug-likeness (QED) is 0.358. The number of aromatic nitrogens is 5. The number of hydrogen-bond acceptors (Lipinski definition) is 4. The number of halogens is 1. The molecule has 3 aromatic heterocycles. The maximum absolute atomic E-state index is 13.4. The lowest BCUT2D eigenvalue weighted by atomic mass is 10.1. The van der Waals surface area contributed by atoms with E-state index in [1.807, 2.05) is 54.9 Å². The second-order valence-electron chi connectivity index (χ2n) is 7.77. The van der Waals surface area contributed by atoms with Crippen LogP contribution in [0.5, 0.6) is 0 Å². The van der Waals surface area contributed by atoms with Gasteiger partial charge in [-0.3, -0.25) is 9.36 Å². The molecule has 0 saturated heterocycles. The van der Waals surface area contributed by atoms with Crippen molar-refractivity contribution >= 4 is 12.0 Å². The van der Waals surface area contributed by atoms with Gasteiger partial charge >= 0.3 is 0 Å². The predicted molar refractivity (Wildman–Crippen MR) is 131 cm³/mol. The molecule has 3 heterocycles. The minimum atomic E-state index is -0.319. The number of nitrogens with one attached hydrogen (secondary N) is 1. The smallest absolute Gasteiger partial charge is 0.244 e. The molecular formula is C27H21FN6O. The van der Waals surface area contributed by atoms with Crippen LogP contribution in [-0.4, -0.2) is 30.2 Å². The highest BCUT2D eigenvalue weighted by Gasteiger charge is 2.11. The molecule has 0 aliphatic carbocycles. The number of benzene rings is 2.